The number of hydrogen-bond donors (Lipinski definition) is 0. The number of aromatic nitrogens is 3. The Morgan fingerprint density at radius 2 is 2.17 bits per heavy atom. The van der Waals surface area contributed by atoms with Crippen LogP contribution in [-0.2, 0) is 0 Å². The number of rotatable bonds is 2. The molecule has 0 saturated heterocycles. The lowest BCUT2D eigenvalue weighted by Gasteiger charge is -2.04. The molecule has 4 heteroatoms. The molecular weight excluding hydrogens is 226 g/mol. The van der Waals surface area contributed by atoms with Crippen molar-refractivity contribution in [2.24, 2.45) is 0 Å². The lowest BCUT2D eigenvalue weighted by molar-refractivity contribution is 0.101. The lowest BCUT2D eigenvalue weighted by atomic mass is 10.1. The first-order valence-electron chi connectivity index (χ1n) is 5.63. The van der Waals surface area contributed by atoms with Crippen molar-refractivity contribution in [3.63, 3.8) is 0 Å². The van der Waals surface area contributed by atoms with Crippen molar-refractivity contribution in [1.29, 1.82) is 0 Å². The van der Waals surface area contributed by atoms with Gasteiger partial charge in [-0.1, -0.05) is 0 Å². The average Bonchev–Trinajstić information content (AvgIpc) is 2.91. The molecule has 0 spiro atoms. The zero-order chi connectivity index (χ0) is 12.5. The monoisotopic (exact) mass is 237 g/mol. The third kappa shape index (κ3) is 1.78. The number of imidazole rings is 1. The van der Waals surface area contributed by atoms with E-state index in [1.165, 1.54) is 0 Å². The highest BCUT2D eigenvalue weighted by atomic mass is 16.1. The third-order valence-electron chi connectivity index (χ3n) is 2.87. The number of ketones is 1. The molecule has 0 atom stereocenters. The van der Waals surface area contributed by atoms with E-state index in [0.717, 1.165) is 16.6 Å². The molecule has 0 aliphatic carbocycles. The fourth-order valence-electron chi connectivity index (χ4n) is 1.88. The van der Waals surface area contributed by atoms with E-state index >= 15 is 0 Å². The topological polar surface area (TPSA) is 47.8 Å². The zero-order valence-corrected chi connectivity index (χ0v) is 9.87. The zero-order valence-electron chi connectivity index (χ0n) is 9.87. The van der Waals surface area contributed by atoms with Crippen molar-refractivity contribution in [2.75, 3.05) is 0 Å². The van der Waals surface area contributed by atoms with Gasteiger partial charge in [0.1, 0.15) is 0 Å². The van der Waals surface area contributed by atoms with Crippen LogP contribution < -0.4 is 0 Å². The maximum absolute atomic E-state index is 11.3. The van der Waals surface area contributed by atoms with Crippen LogP contribution in [0.3, 0.4) is 0 Å². The van der Waals surface area contributed by atoms with Gasteiger partial charge < -0.3 is 4.57 Å². The molecule has 0 amide bonds. The van der Waals surface area contributed by atoms with Gasteiger partial charge in [0, 0.05) is 35.2 Å². The van der Waals surface area contributed by atoms with E-state index in [-0.39, 0.29) is 5.78 Å². The molecule has 3 aromatic rings. The van der Waals surface area contributed by atoms with Crippen molar-refractivity contribution < 1.29 is 4.79 Å². The summed E-state index contributed by atoms with van der Waals surface area (Å²) >= 11 is 0. The summed E-state index contributed by atoms with van der Waals surface area (Å²) in [5.41, 5.74) is 2.51. The van der Waals surface area contributed by atoms with E-state index in [4.69, 9.17) is 0 Å². The van der Waals surface area contributed by atoms with Crippen LogP contribution in [0.2, 0.25) is 0 Å². The summed E-state index contributed by atoms with van der Waals surface area (Å²) in [6.07, 6.45) is 6.96. The Morgan fingerprint density at radius 1 is 1.28 bits per heavy atom. The minimum atomic E-state index is 0.0254. The van der Waals surface area contributed by atoms with Gasteiger partial charge in [-0.25, -0.2) is 4.98 Å². The highest BCUT2D eigenvalue weighted by Gasteiger charge is 2.03. The predicted molar refractivity (Wildman–Crippen MR) is 68.9 cm³/mol. The normalized spacial score (nSPS) is 10.7. The second-order valence-corrected chi connectivity index (χ2v) is 4.13. The number of Topliss-reactive ketones (excluding diaryl/α,β-unsaturated/α-hetero) is 1. The van der Waals surface area contributed by atoms with Crippen molar-refractivity contribution in [3.05, 3.63) is 54.7 Å². The Labute approximate surface area is 104 Å². The maximum atomic E-state index is 11.3. The van der Waals surface area contributed by atoms with E-state index in [1.807, 2.05) is 35.0 Å². The van der Waals surface area contributed by atoms with Crippen LogP contribution in [0.5, 0.6) is 0 Å². The molecule has 2 heterocycles. The van der Waals surface area contributed by atoms with Crippen LogP contribution in [0.15, 0.2) is 49.2 Å². The number of carbonyl (C=O) groups is 1. The van der Waals surface area contributed by atoms with Crippen molar-refractivity contribution in [2.45, 2.75) is 6.92 Å². The highest BCUT2D eigenvalue weighted by molar-refractivity contribution is 5.97. The molecule has 4 nitrogen and oxygen atoms in total. The first-order valence-corrected chi connectivity index (χ1v) is 5.63. The fraction of sp³-hybridized carbons (Fsp3) is 0.0714. The molecule has 0 saturated carbocycles. The van der Waals surface area contributed by atoms with Gasteiger partial charge >= 0.3 is 0 Å². The van der Waals surface area contributed by atoms with Crippen LogP contribution in [0.1, 0.15) is 17.3 Å². The van der Waals surface area contributed by atoms with Gasteiger partial charge in [0.15, 0.2) is 5.78 Å². The molecule has 18 heavy (non-hydrogen) atoms. The van der Waals surface area contributed by atoms with E-state index in [0.29, 0.717) is 5.56 Å². The number of pyridine rings is 1. The smallest absolute Gasteiger partial charge is 0.161 e. The molecule has 3 rings (SSSR count). The number of carbonyl (C=O) groups excluding carboxylic acids is 1. The van der Waals surface area contributed by atoms with Crippen molar-refractivity contribution in [1.82, 2.24) is 14.5 Å². The van der Waals surface area contributed by atoms with Crippen molar-refractivity contribution in [3.8, 4) is 5.69 Å². The first-order chi connectivity index (χ1) is 8.74. The van der Waals surface area contributed by atoms with Gasteiger partial charge in [0.2, 0.25) is 0 Å². The molecule has 0 bridgehead atoms. The number of benzene rings is 1. The largest absolute Gasteiger partial charge is 0.306 e. The lowest BCUT2D eigenvalue weighted by Crippen LogP contribution is -1.95. The third-order valence-corrected chi connectivity index (χ3v) is 2.87. The number of fused-ring (bicyclic) bond motifs is 1. The fourth-order valence-corrected chi connectivity index (χ4v) is 1.88. The van der Waals surface area contributed by atoms with Crippen LogP contribution in [0, 0.1) is 0 Å². The number of nitrogens with zero attached hydrogens (tertiary/aromatic N) is 3. The maximum Gasteiger partial charge on any atom is 0.161 e. The van der Waals surface area contributed by atoms with E-state index in [9.17, 15) is 4.79 Å². The summed E-state index contributed by atoms with van der Waals surface area (Å²) in [4.78, 5) is 19.6. The minimum absolute atomic E-state index is 0.0254. The first kappa shape index (κ1) is 10.7. The van der Waals surface area contributed by atoms with E-state index < -0.39 is 0 Å². The summed E-state index contributed by atoms with van der Waals surface area (Å²) < 4.78 is 1.92. The molecule has 0 unspecified atom stereocenters. The molecule has 0 aliphatic rings. The van der Waals surface area contributed by atoms with Crippen LogP contribution in [0.4, 0.5) is 0 Å². The molecule has 0 fully saturated rings. The molecular formula is C14H11N3O. The Bertz CT molecular complexity index is 717. The second kappa shape index (κ2) is 4.07. The van der Waals surface area contributed by atoms with Gasteiger partial charge in [-0.2, -0.15) is 0 Å². The molecule has 88 valence electrons. The standard InChI is InChI=1S/C14H11N3O/c1-10(18)12-6-11-7-13(17-5-4-15-9-17)2-3-14(11)16-8-12/h2-9H,1H3. The summed E-state index contributed by atoms with van der Waals surface area (Å²) in [5, 5.41) is 0.953. The summed E-state index contributed by atoms with van der Waals surface area (Å²) in [6, 6.07) is 7.78. The van der Waals surface area contributed by atoms with Crippen molar-refractivity contribution >= 4 is 16.7 Å². The summed E-state index contributed by atoms with van der Waals surface area (Å²) in [6.45, 7) is 1.54. The van der Waals surface area contributed by atoms with E-state index in [2.05, 4.69) is 9.97 Å². The SMILES string of the molecule is CC(=O)c1cnc2ccc(-n3ccnc3)cc2c1. The highest BCUT2D eigenvalue weighted by Crippen LogP contribution is 2.18. The van der Waals surface area contributed by atoms with Gasteiger partial charge in [-0.05, 0) is 31.2 Å². The van der Waals surface area contributed by atoms with Crippen LogP contribution in [-0.4, -0.2) is 20.3 Å². The molecule has 0 radical (unpaired) electrons. The summed E-state index contributed by atoms with van der Waals surface area (Å²) in [7, 11) is 0. The molecule has 0 aliphatic heterocycles. The molecule has 1 aromatic carbocycles. The average molecular weight is 237 g/mol. The van der Waals surface area contributed by atoms with Gasteiger partial charge in [-0.3, -0.25) is 9.78 Å². The van der Waals surface area contributed by atoms with Gasteiger partial charge in [0.25, 0.3) is 0 Å². The quantitative estimate of drug-likeness (QED) is 0.644. The second-order valence-electron chi connectivity index (χ2n) is 4.13. The molecule has 2 aromatic heterocycles. The van der Waals surface area contributed by atoms with Gasteiger partial charge in [-0.15, -0.1) is 0 Å². The number of hydrogen-bond acceptors (Lipinski definition) is 3. The predicted octanol–water partition coefficient (Wildman–Crippen LogP) is 2.62. The van der Waals surface area contributed by atoms with Crippen LogP contribution >= 0.6 is 0 Å². The van der Waals surface area contributed by atoms with Crippen LogP contribution in [0.25, 0.3) is 16.6 Å². The Balaban J connectivity index is 2.18. The molecule has 0 N–H and O–H groups in total. The Kier molecular flexibility index (Phi) is 2.41. The summed E-state index contributed by atoms with van der Waals surface area (Å²) in [5.74, 6) is 0.0254. The van der Waals surface area contributed by atoms with Gasteiger partial charge in [0.05, 0.1) is 11.8 Å². The Morgan fingerprint density at radius 3 is 2.89 bits per heavy atom. The minimum Gasteiger partial charge on any atom is -0.306 e. The Hall–Kier alpha value is -2.49. The van der Waals surface area contributed by atoms with E-state index in [1.54, 1.807) is 25.6 Å².